The molecule has 1 N–H and O–H groups in total. The molecule has 3 heterocycles. The van der Waals surface area contributed by atoms with Crippen molar-refractivity contribution >= 4 is 5.82 Å². The molecule has 0 amide bonds. The van der Waals surface area contributed by atoms with E-state index in [9.17, 15) is 13.2 Å². The second-order valence-corrected chi connectivity index (χ2v) is 4.60. The lowest BCUT2D eigenvalue weighted by molar-refractivity contribution is -0.174. The maximum absolute atomic E-state index is 13.1. The molecule has 0 spiro atoms. The lowest BCUT2D eigenvalue weighted by Gasteiger charge is -2.32. The predicted molar refractivity (Wildman–Crippen MR) is 61.7 cm³/mol. The van der Waals surface area contributed by atoms with E-state index in [1.54, 1.807) is 19.1 Å². The quantitative estimate of drug-likeness (QED) is 0.864. The zero-order valence-corrected chi connectivity index (χ0v) is 10.1. The van der Waals surface area contributed by atoms with Crippen LogP contribution in [0.3, 0.4) is 0 Å². The average Bonchev–Trinajstić information content (AvgIpc) is 2.94. The first-order chi connectivity index (χ1) is 8.95. The fourth-order valence-electron chi connectivity index (χ4n) is 2.34. The summed E-state index contributed by atoms with van der Waals surface area (Å²) < 4.78 is 45.6. The second-order valence-electron chi connectivity index (χ2n) is 4.60. The van der Waals surface area contributed by atoms with Crippen LogP contribution in [-0.2, 0) is 0 Å². The number of aryl methyl sites for hydroxylation is 1. The van der Waals surface area contributed by atoms with Crippen LogP contribution in [0.5, 0.6) is 0 Å². The Morgan fingerprint density at radius 1 is 1.37 bits per heavy atom. The largest absolute Gasteiger partial charge is 0.464 e. The molecule has 102 valence electrons. The highest BCUT2D eigenvalue weighted by atomic mass is 19.4. The van der Waals surface area contributed by atoms with Gasteiger partial charge in [0.05, 0.1) is 12.2 Å². The number of aromatic nitrogens is 2. The Balaban J connectivity index is 1.96. The summed E-state index contributed by atoms with van der Waals surface area (Å²) in [5.41, 5.74) is 0. The Labute approximate surface area is 107 Å². The fourth-order valence-corrected chi connectivity index (χ4v) is 2.34. The summed E-state index contributed by atoms with van der Waals surface area (Å²) >= 11 is 0. The number of furan rings is 1. The van der Waals surface area contributed by atoms with Crippen molar-refractivity contribution in [3.8, 4) is 0 Å². The zero-order chi connectivity index (χ0) is 13.6. The molecule has 0 radical (unpaired) electrons. The summed E-state index contributed by atoms with van der Waals surface area (Å²) in [4.78, 5) is 0. The van der Waals surface area contributed by atoms with E-state index in [1.807, 2.05) is 0 Å². The summed E-state index contributed by atoms with van der Waals surface area (Å²) in [6.45, 7) is 1.76. The highest BCUT2D eigenvalue weighted by Crippen LogP contribution is 2.43. The summed E-state index contributed by atoms with van der Waals surface area (Å²) in [6.07, 6.45) is -3.11. The van der Waals surface area contributed by atoms with Crippen molar-refractivity contribution in [2.75, 3.05) is 5.32 Å². The van der Waals surface area contributed by atoms with Crippen LogP contribution in [0.4, 0.5) is 19.0 Å². The van der Waals surface area contributed by atoms with Crippen LogP contribution in [0.2, 0.25) is 0 Å². The van der Waals surface area contributed by atoms with Crippen LogP contribution in [0, 0.1) is 6.92 Å². The summed E-state index contributed by atoms with van der Waals surface area (Å²) in [5.74, 6) is 1.55. The molecule has 0 saturated heterocycles. The average molecular weight is 271 g/mol. The van der Waals surface area contributed by atoms with E-state index in [4.69, 9.17) is 4.42 Å². The molecule has 2 aromatic rings. The van der Waals surface area contributed by atoms with Gasteiger partial charge in [-0.1, -0.05) is 0 Å². The van der Waals surface area contributed by atoms with E-state index < -0.39 is 18.3 Å². The predicted octanol–water partition coefficient (Wildman–Crippen LogP) is 3.44. The molecule has 2 atom stereocenters. The third kappa shape index (κ3) is 2.09. The minimum absolute atomic E-state index is 0.134. The lowest BCUT2D eigenvalue weighted by Crippen LogP contribution is -2.35. The third-order valence-corrected chi connectivity index (χ3v) is 3.23. The van der Waals surface area contributed by atoms with Crippen molar-refractivity contribution in [3.05, 3.63) is 35.9 Å². The van der Waals surface area contributed by atoms with Crippen LogP contribution in [0.25, 0.3) is 0 Å². The molecule has 0 saturated carbocycles. The topological polar surface area (TPSA) is 43.0 Å². The summed E-state index contributed by atoms with van der Waals surface area (Å²) in [7, 11) is 0. The normalized spacial score (nSPS) is 22.9. The Morgan fingerprint density at radius 2 is 2.16 bits per heavy atom. The monoisotopic (exact) mass is 271 g/mol. The van der Waals surface area contributed by atoms with Crippen molar-refractivity contribution in [2.24, 2.45) is 0 Å². The van der Waals surface area contributed by atoms with E-state index >= 15 is 0 Å². The number of anilines is 1. The number of halogens is 3. The fraction of sp³-hybridized carbons (Fsp3) is 0.417. The van der Waals surface area contributed by atoms with E-state index in [0.717, 1.165) is 4.68 Å². The summed E-state index contributed by atoms with van der Waals surface area (Å²) in [6, 6.07) is 2.84. The number of nitrogens with one attached hydrogen (secondary N) is 1. The van der Waals surface area contributed by atoms with Gasteiger partial charge in [0.15, 0.2) is 6.04 Å². The van der Waals surface area contributed by atoms with Crippen molar-refractivity contribution in [3.63, 3.8) is 0 Å². The van der Waals surface area contributed by atoms with Crippen molar-refractivity contribution in [1.82, 2.24) is 9.78 Å². The smallest absolute Gasteiger partial charge is 0.410 e. The highest BCUT2D eigenvalue weighted by molar-refractivity contribution is 5.40. The maximum atomic E-state index is 13.1. The molecule has 4 nitrogen and oxygen atoms in total. The Morgan fingerprint density at radius 3 is 2.79 bits per heavy atom. The van der Waals surface area contributed by atoms with Gasteiger partial charge in [-0.05, 0) is 19.1 Å². The van der Waals surface area contributed by atoms with Gasteiger partial charge in [0.2, 0.25) is 0 Å². The van der Waals surface area contributed by atoms with Crippen LogP contribution in [0.15, 0.2) is 28.8 Å². The molecule has 0 bridgehead atoms. The SMILES string of the molecule is Cc1ccc(C2CC(C(F)(F)F)n3nccc3N2)o1. The molecule has 7 heteroatoms. The molecule has 1 aliphatic rings. The standard InChI is InChI=1S/C12H12F3N3O/c1-7-2-3-9(19-7)8-6-10(12(13,14)15)18-11(17-8)4-5-16-18/h2-5,8,10,17H,6H2,1H3. The second kappa shape index (κ2) is 4.04. The van der Waals surface area contributed by atoms with Gasteiger partial charge in [0.25, 0.3) is 0 Å². The molecule has 0 aromatic carbocycles. The molecule has 19 heavy (non-hydrogen) atoms. The van der Waals surface area contributed by atoms with E-state index in [-0.39, 0.29) is 6.42 Å². The first-order valence-electron chi connectivity index (χ1n) is 5.88. The number of alkyl halides is 3. The third-order valence-electron chi connectivity index (χ3n) is 3.23. The first-order valence-corrected chi connectivity index (χ1v) is 5.88. The van der Waals surface area contributed by atoms with Gasteiger partial charge >= 0.3 is 6.18 Å². The van der Waals surface area contributed by atoms with Gasteiger partial charge in [-0.3, -0.25) is 0 Å². The van der Waals surface area contributed by atoms with Gasteiger partial charge < -0.3 is 9.73 Å². The number of hydrogen-bond donors (Lipinski definition) is 1. The Hall–Kier alpha value is -1.92. The number of fused-ring (bicyclic) bond motifs is 1. The van der Waals surface area contributed by atoms with Crippen molar-refractivity contribution < 1.29 is 17.6 Å². The van der Waals surface area contributed by atoms with Gasteiger partial charge in [0.1, 0.15) is 17.3 Å². The van der Waals surface area contributed by atoms with Gasteiger partial charge in [0, 0.05) is 12.5 Å². The lowest BCUT2D eigenvalue weighted by atomic mass is 10.0. The van der Waals surface area contributed by atoms with Gasteiger partial charge in [-0.15, -0.1) is 0 Å². The van der Waals surface area contributed by atoms with Crippen LogP contribution in [-0.4, -0.2) is 16.0 Å². The highest BCUT2D eigenvalue weighted by Gasteiger charge is 2.46. The molecule has 1 aliphatic heterocycles. The van der Waals surface area contributed by atoms with Crippen LogP contribution < -0.4 is 5.32 Å². The molecule has 3 rings (SSSR count). The van der Waals surface area contributed by atoms with E-state index in [2.05, 4.69) is 10.4 Å². The van der Waals surface area contributed by atoms with Crippen LogP contribution >= 0.6 is 0 Å². The first kappa shape index (κ1) is 12.1. The Bertz CT molecular complexity index is 587. The molecular formula is C12H12F3N3O. The molecule has 2 unspecified atom stereocenters. The van der Waals surface area contributed by atoms with E-state index in [1.165, 1.54) is 12.3 Å². The van der Waals surface area contributed by atoms with Crippen molar-refractivity contribution in [2.45, 2.75) is 31.6 Å². The minimum atomic E-state index is -4.33. The van der Waals surface area contributed by atoms with E-state index in [0.29, 0.717) is 17.3 Å². The molecular weight excluding hydrogens is 259 g/mol. The van der Waals surface area contributed by atoms with Crippen LogP contribution in [0.1, 0.15) is 30.0 Å². The number of rotatable bonds is 1. The zero-order valence-electron chi connectivity index (χ0n) is 10.1. The Kier molecular flexibility index (Phi) is 2.58. The number of nitrogens with zero attached hydrogens (tertiary/aromatic N) is 2. The molecule has 2 aromatic heterocycles. The molecule has 0 aliphatic carbocycles. The van der Waals surface area contributed by atoms with Gasteiger partial charge in [-0.2, -0.15) is 18.3 Å². The van der Waals surface area contributed by atoms with Gasteiger partial charge in [-0.25, -0.2) is 4.68 Å². The summed E-state index contributed by atoms with van der Waals surface area (Å²) in [5, 5.41) is 6.76. The molecule has 0 fully saturated rings. The number of hydrogen-bond acceptors (Lipinski definition) is 3. The maximum Gasteiger partial charge on any atom is 0.410 e. The minimum Gasteiger partial charge on any atom is -0.464 e. The van der Waals surface area contributed by atoms with Crippen molar-refractivity contribution in [1.29, 1.82) is 0 Å².